The molecule has 0 amide bonds. The van der Waals surface area contributed by atoms with Gasteiger partial charge in [-0.25, -0.2) is 13.1 Å². The molecule has 0 radical (unpaired) electrons. The van der Waals surface area contributed by atoms with Crippen LogP contribution >= 0.6 is 0 Å². The Morgan fingerprint density at radius 1 is 1.26 bits per heavy atom. The number of aliphatic carboxylic acids is 1. The Labute approximate surface area is 113 Å². The van der Waals surface area contributed by atoms with Gasteiger partial charge in [-0.2, -0.15) is 0 Å². The van der Waals surface area contributed by atoms with Crippen LogP contribution in [-0.2, 0) is 14.8 Å². The van der Waals surface area contributed by atoms with Gasteiger partial charge in [0.2, 0.25) is 10.0 Å². The SMILES string of the molecule is Cc1cc(C)cc(S(=O)(=O)NC(C)CCC(=O)O)c1. The minimum absolute atomic E-state index is 0.0590. The Morgan fingerprint density at radius 2 is 1.79 bits per heavy atom. The highest BCUT2D eigenvalue weighted by Gasteiger charge is 2.18. The molecule has 1 aromatic rings. The van der Waals surface area contributed by atoms with Crippen molar-refractivity contribution in [1.29, 1.82) is 0 Å². The van der Waals surface area contributed by atoms with Gasteiger partial charge in [0.25, 0.3) is 0 Å². The predicted octanol–water partition coefficient (Wildman–Crippen LogP) is 1.84. The van der Waals surface area contributed by atoms with Crippen molar-refractivity contribution in [1.82, 2.24) is 4.72 Å². The summed E-state index contributed by atoms with van der Waals surface area (Å²) >= 11 is 0. The number of carboxylic acid groups (broad SMARTS) is 1. The molecule has 0 heterocycles. The van der Waals surface area contributed by atoms with E-state index in [0.717, 1.165) is 11.1 Å². The van der Waals surface area contributed by atoms with Crippen molar-refractivity contribution >= 4 is 16.0 Å². The van der Waals surface area contributed by atoms with Gasteiger partial charge in [-0.05, 0) is 50.5 Å². The molecule has 2 N–H and O–H groups in total. The molecule has 1 rings (SSSR count). The van der Waals surface area contributed by atoms with Gasteiger partial charge in [-0.1, -0.05) is 6.07 Å². The standard InChI is InChI=1S/C13H19NO4S/c1-9-6-10(2)8-12(7-9)19(17,18)14-11(3)4-5-13(15)16/h6-8,11,14H,4-5H2,1-3H3,(H,15,16). The molecule has 0 spiro atoms. The maximum absolute atomic E-state index is 12.1. The molecule has 1 unspecified atom stereocenters. The first-order chi connectivity index (χ1) is 8.70. The maximum atomic E-state index is 12.1. The van der Waals surface area contributed by atoms with Crippen LogP contribution < -0.4 is 4.72 Å². The first-order valence-electron chi connectivity index (χ1n) is 6.03. The van der Waals surface area contributed by atoms with E-state index in [1.807, 2.05) is 19.9 Å². The van der Waals surface area contributed by atoms with E-state index in [4.69, 9.17) is 5.11 Å². The van der Waals surface area contributed by atoms with Gasteiger partial charge in [0.1, 0.15) is 0 Å². The summed E-state index contributed by atoms with van der Waals surface area (Å²) in [7, 11) is -3.60. The number of carbonyl (C=O) groups is 1. The summed E-state index contributed by atoms with van der Waals surface area (Å²) in [6.45, 7) is 5.32. The third-order valence-corrected chi connectivity index (χ3v) is 4.22. The molecule has 19 heavy (non-hydrogen) atoms. The average Bonchev–Trinajstić information content (AvgIpc) is 2.24. The van der Waals surface area contributed by atoms with E-state index in [0.29, 0.717) is 0 Å². The Balaban J connectivity index is 2.83. The number of benzene rings is 1. The van der Waals surface area contributed by atoms with Crippen molar-refractivity contribution in [3.8, 4) is 0 Å². The van der Waals surface area contributed by atoms with E-state index in [9.17, 15) is 13.2 Å². The summed E-state index contributed by atoms with van der Waals surface area (Å²) in [6, 6.07) is 4.67. The highest BCUT2D eigenvalue weighted by molar-refractivity contribution is 7.89. The molecule has 1 aromatic carbocycles. The Bertz CT molecular complexity index is 546. The van der Waals surface area contributed by atoms with Crippen LogP contribution in [-0.4, -0.2) is 25.5 Å². The second kappa shape index (κ2) is 6.16. The van der Waals surface area contributed by atoms with Gasteiger partial charge in [0, 0.05) is 12.5 Å². The Hall–Kier alpha value is -1.40. The summed E-state index contributed by atoms with van der Waals surface area (Å²) in [5, 5.41) is 8.57. The number of aryl methyl sites for hydroxylation is 2. The van der Waals surface area contributed by atoms with Gasteiger partial charge < -0.3 is 5.11 Å². The predicted molar refractivity (Wildman–Crippen MR) is 72.6 cm³/mol. The number of carboxylic acids is 1. The average molecular weight is 285 g/mol. The summed E-state index contributed by atoms with van der Waals surface area (Å²) < 4.78 is 26.8. The highest BCUT2D eigenvalue weighted by atomic mass is 32.2. The summed E-state index contributed by atoms with van der Waals surface area (Å²) in [5.41, 5.74) is 1.75. The summed E-state index contributed by atoms with van der Waals surface area (Å²) in [5.74, 6) is -0.933. The molecule has 5 nitrogen and oxygen atoms in total. The zero-order valence-corrected chi connectivity index (χ0v) is 12.1. The zero-order valence-electron chi connectivity index (χ0n) is 11.3. The fraction of sp³-hybridized carbons (Fsp3) is 0.462. The van der Waals surface area contributed by atoms with Gasteiger partial charge in [-0.15, -0.1) is 0 Å². The maximum Gasteiger partial charge on any atom is 0.303 e. The van der Waals surface area contributed by atoms with Gasteiger partial charge in [0.15, 0.2) is 0 Å². The van der Waals surface area contributed by atoms with E-state index in [1.54, 1.807) is 19.1 Å². The van der Waals surface area contributed by atoms with Gasteiger partial charge in [-0.3, -0.25) is 4.79 Å². The molecule has 0 aliphatic heterocycles. The second-order valence-corrected chi connectivity index (χ2v) is 6.49. The molecule has 0 bridgehead atoms. The van der Waals surface area contributed by atoms with E-state index < -0.39 is 22.0 Å². The molecule has 0 aliphatic carbocycles. The Morgan fingerprint density at radius 3 is 2.26 bits per heavy atom. The molecule has 1 atom stereocenters. The molecular weight excluding hydrogens is 266 g/mol. The normalized spacial score (nSPS) is 13.2. The summed E-state index contributed by atoms with van der Waals surface area (Å²) in [6.07, 6.45) is 0.204. The number of rotatable bonds is 6. The van der Waals surface area contributed by atoms with Crippen LogP contribution in [0.5, 0.6) is 0 Å². The van der Waals surface area contributed by atoms with Crippen molar-refractivity contribution in [2.75, 3.05) is 0 Å². The van der Waals surface area contributed by atoms with Crippen molar-refractivity contribution in [3.63, 3.8) is 0 Å². The largest absolute Gasteiger partial charge is 0.481 e. The molecule has 106 valence electrons. The lowest BCUT2D eigenvalue weighted by molar-refractivity contribution is -0.137. The number of hydrogen-bond acceptors (Lipinski definition) is 3. The fourth-order valence-electron chi connectivity index (χ4n) is 1.82. The van der Waals surface area contributed by atoms with Crippen molar-refractivity contribution < 1.29 is 18.3 Å². The lowest BCUT2D eigenvalue weighted by Gasteiger charge is -2.14. The van der Waals surface area contributed by atoms with Crippen LogP contribution in [0.25, 0.3) is 0 Å². The Kier molecular flexibility index (Phi) is 5.08. The first kappa shape index (κ1) is 15.7. The van der Waals surface area contributed by atoms with Gasteiger partial charge in [0.05, 0.1) is 4.90 Å². The number of nitrogens with one attached hydrogen (secondary N) is 1. The smallest absolute Gasteiger partial charge is 0.303 e. The number of sulfonamides is 1. The third-order valence-electron chi connectivity index (χ3n) is 2.65. The van der Waals surface area contributed by atoms with Crippen molar-refractivity contribution in [2.24, 2.45) is 0 Å². The quantitative estimate of drug-likeness (QED) is 0.835. The summed E-state index contributed by atoms with van der Waals surface area (Å²) in [4.78, 5) is 10.7. The number of hydrogen-bond donors (Lipinski definition) is 2. The molecule has 0 saturated heterocycles. The third kappa shape index (κ3) is 5.00. The monoisotopic (exact) mass is 285 g/mol. The molecule has 0 aliphatic rings. The molecule has 0 aromatic heterocycles. The molecule has 0 fully saturated rings. The lowest BCUT2D eigenvalue weighted by atomic mass is 10.2. The van der Waals surface area contributed by atoms with Crippen LogP contribution in [0, 0.1) is 13.8 Å². The van der Waals surface area contributed by atoms with E-state index in [2.05, 4.69) is 4.72 Å². The minimum atomic E-state index is -3.60. The second-order valence-electron chi connectivity index (χ2n) is 4.78. The molecule has 0 saturated carbocycles. The fourth-order valence-corrected chi connectivity index (χ4v) is 3.29. The van der Waals surface area contributed by atoms with Crippen LogP contribution in [0.4, 0.5) is 0 Å². The highest BCUT2D eigenvalue weighted by Crippen LogP contribution is 2.15. The zero-order chi connectivity index (χ0) is 14.6. The minimum Gasteiger partial charge on any atom is -0.481 e. The van der Waals surface area contributed by atoms with E-state index in [-0.39, 0.29) is 17.7 Å². The van der Waals surface area contributed by atoms with Crippen LogP contribution in [0.2, 0.25) is 0 Å². The van der Waals surface area contributed by atoms with E-state index >= 15 is 0 Å². The van der Waals surface area contributed by atoms with Crippen LogP contribution in [0.3, 0.4) is 0 Å². The van der Waals surface area contributed by atoms with Gasteiger partial charge >= 0.3 is 5.97 Å². The van der Waals surface area contributed by atoms with Crippen molar-refractivity contribution in [2.45, 2.75) is 44.6 Å². The van der Waals surface area contributed by atoms with Crippen LogP contribution in [0.15, 0.2) is 23.1 Å². The first-order valence-corrected chi connectivity index (χ1v) is 7.51. The van der Waals surface area contributed by atoms with Crippen LogP contribution in [0.1, 0.15) is 30.9 Å². The lowest BCUT2D eigenvalue weighted by Crippen LogP contribution is -2.33. The van der Waals surface area contributed by atoms with E-state index in [1.165, 1.54) is 0 Å². The topological polar surface area (TPSA) is 83.5 Å². The van der Waals surface area contributed by atoms with Crippen molar-refractivity contribution in [3.05, 3.63) is 29.3 Å². The molecule has 6 heteroatoms. The molecular formula is C13H19NO4S.